The first-order chi connectivity index (χ1) is 11.7. The summed E-state index contributed by atoms with van der Waals surface area (Å²) in [5.41, 5.74) is 1.66. The lowest BCUT2D eigenvalue weighted by Crippen LogP contribution is -2.36. The summed E-state index contributed by atoms with van der Waals surface area (Å²) in [5, 5.41) is 12.4. The predicted octanol–water partition coefficient (Wildman–Crippen LogP) is 1.47. The Morgan fingerprint density at radius 2 is 2.08 bits per heavy atom. The molecule has 1 aromatic heterocycles. The maximum absolute atomic E-state index is 12.0. The van der Waals surface area contributed by atoms with Crippen LogP contribution in [0.4, 0.5) is 10.6 Å². The third-order valence-corrected chi connectivity index (χ3v) is 3.64. The third kappa shape index (κ3) is 3.48. The van der Waals surface area contributed by atoms with Gasteiger partial charge < -0.3 is 20.3 Å². The number of carbonyl (C=O) groups is 2. The van der Waals surface area contributed by atoms with E-state index < -0.39 is 0 Å². The van der Waals surface area contributed by atoms with E-state index >= 15 is 0 Å². The number of ether oxygens (including phenoxy) is 1. The second-order valence-electron chi connectivity index (χ2n) is 5.37. The van der Waals surface area contributed by atoms with Crippen LogP contribution in [-0.2, 0) is 17.9 Å². The number of rotatable bonds is 5. The minimum atomic E-state index is -0.301. The van der Waals surface area contributed by atoms with E-state index in [0.29, 0.717) is 31.2 Å². The number of nitrogens with one attached hydrogen (secondary N) is 3. The molecule has 8 nitrogen and oxygen atoms in total. The zero-order valence-electron chi connectivity index (χ0n) is 13.3. The molecule has 3 amide bonds. The van der Waals surface area contributed by atoms with E-state index in [4.69, 9.17) is 4.74 Å². The smallest absolute Gasteiger partial charge is 0.318 e. The molecule has 126 valence electrons. The maximum Gasteiger partial charge on any atom is 0.318 e. The lowest BCUT2D eigenvalue weighted by Gasteiger charge is -2.15. The number of hydrogen-bond donors (Lipinski definition) is 3. The average Bonchev–Trinajstić information content (AvgIpc) is 3.16. The number of aromatic amines is 1. The van der Waals surface area contributed by atoms with E-state index in [1.165, 1.54) is 0 Å². The van der Waals surface area contributed by atoms with E-state index in [9.17, 15) is 9.59 Å². The lowest BCUT2D eigenvalue weighted by molar-refractivity contribution is -0.118. The van der Waals surface area contributed by atoms with Gasteiger partial charge in [-0.2, -0.15) is 5.10 Å². The maximum atomic E-state index is 12.0. The third-order valence-electron chi connectivity index (χ3n) is 3.64. The van der Waals surface area contributed by atoms with E-state index in [2.05, 4.69) is 20.8 Å². The van der Waals surface area contributed by atoms with Crippen LogP contribution in [0.15, 0.2) is 30.3 Å². The van der Waals surface area contributed by atoms with Crippen molar-refractivity contribution in [3.63, 3.8) is 0 Å². The number of urea groups is 1. The largest absolute Gasteiger partial charge is 0.484 e. The van der Waals surface area contributed by atoms with Crippen molar-refractivity contribution in [3.05, 3.63) is 41.6 Å². The summed E-state index contributed by atoms with van der Waals surface area (Å²) in [6, 6.07) is 8.98. The summed E-state index contributed by atoms with van der Waals surface area (Å²) in [6.07, 6.45) is 0. The molecule has 2 aromatic rings. The Hall–Kier alpha value is -3.03. The number of hydrogen-bond acceptors (Lipinski definition) is 4. The van der Waals surface area contributed by atoms with E-state index in [1.807, 2.05) is 25.1 Å². The summed E-state index contributed by atoms with van der Waals surface area (Å²) < 4.78 is 5.40. The number of aromatic nitrogens is 2. The van der Waals surface area contributed by atoms with Crippen molar-refractivity contribution in [2.45, 2.75) is 20.0 Å². The van der Waals surface area contributed by atoms with Crippen molar-refractivity contribution < 1.29 is 14.3 Å². The highest BCUT2D eigenvalue weighted by Crippen LogP contribution is 2.26. The molecular weight excluding hydrogens is 310 g/mol. The summed E-state index contributed by atoms with van der Waals surface area (Å²) in [6.45, 7) is 3.19. The van der Waals surface area contributed by atoms with Crippen LogP contribution >= 0.6 is 0 Å². The Morgan fingerprint density at radius 1 is 1.29 bits per heavy atom. The number of benzene rings is 1. The van der Waals surface area contributed by atoms with Crippen LogP contribution in [0.2, 0.25) is 0 Å². The second kappa shape index (κ2) is 7.03. The van der Waals surface area contributed by atoms with Crippen LogP contribution in [0, 0.1) is 0 Å². The fourth-order valence-corrected chi connectivity index (χ4v) is 2.48. The number of fused-ring (bicyclic) bond motifs is 1. The highest BCUT2D eigenvalue weighted by atomic mass is 16.5. The molecule has 2 heterocycles. The van der Waals surface area contributed by atoms with Crippen molar-refractivity contribution in [1.82, 2.24) is 20.4 Å². The minimum Gasteiger partial charge on any atom is -0.484 e. The van der Waals surface area contributed by atoms with Crippen LogP contribution in [0.25, 0.3) is 0 Å². The van der Waals surface area contributed by atoms with Gasteiger partial charge in [-0.3, -0.25) is 9.89 Å². The molecule has 0 unspecified atom stereocenters. The number of nitrogens with zero attached hydrogens (tertiary/aromatic N) is 2. The standard InChI is InChI=1S/C16H19N5O3/c1-2-17-16(23)21-8-12-13(9-21)19-20-15(12)18-14(22)10-24-11-6-4-3-5-7-11/h3-7H,2,8-10H2,1H3,(H,17,23)(H2,18,19,20,22). The van der Waals surface area contributed by atoms with Crippen LogP contribution in [0.1, 0.15) is 18.2 Å². The van der Waals surface area contributed by atoms with Gasteiger partial charge in [0.1, 0.15) is 5.75 Å². The van der Waals surface area contributed by atoms with Gasteiger partial charge in [-0.25, -0.2) is 4.79 Å². The molecule has 1 aliphatic heterocycles. The predicted molar refractivity (Wildman–Crippen MR) is 87.5 cm³/mol. The minimum absolute atomic E-state index is 0.105. The van der Waals surface area contributed by atoms with Crippen molar-refractivity contribution in [1.29, 1.82) is 0 Å². The second-order valence-corrected chi connectivity index (χ2v) is 5.37. The fourth-order valence-electron chi connectivity index (χ4n) is 2.48. The number of carbonyl (C=O) groups excluding carboxylic acids is 2. The van der Waals surface area contributed by atoms with Crippen molar-refractivity contribution >= 4 is 17.8 Å². The lowest BCUT2D eigenvalue weighted by atomic mass is 10.3. The van der Waals surface area contributed by atoms with Gasteiger partial charge in [0.05, 0.1) is 18.8 Å². The monoisotopic (exact) mass is 329 g/mol. The normalized spacial score (nSPS) is 12.6. The molecule has 3 N–H and O–H groups in total. The molecule has 0 bridgehead atoms. The molecule has 0 saturated heterocycles. The average molecular weight is 329 g/mol. The molecule has 0 spiro atoms. The highest BCUT2D eigenvalue weighted by Gasteiger charge is 2.28. The van der Waals surface area contributed by atoms with Gasteiger partial charge in [-0.15, -0.1) is 0 Å². The number of anilines is 1. The van der Waals surface area contributed by atoms with E-state index in [1.54, 1.807) is 17.0 Å². The summed E-state index contributed by atoms with van der Waals surface area (Å²) in [5.74, 6) is 0.769. The molecule has 8 heteroatoms. The van der Waals surface area contributed by atoms with Crippen LogP contribution in [0.5, 0.6) is 5.75 Å². The van der Waals surface area contributed by atoms with Crippen molar-refractivity contribution in [2.75, 3.05) is 18.5 Å². The molecule has 1 aromatic carbocycles. The molecule has 0 radical (unpaired) electrons. The molecule has 24 heavy (non-hydrogen) atoms. The zero-order valence-corrected chi connectivity index (χ0v) is 13.3. The van der Waals surface area contributed by atoms with Gasteiger partial charge in [-0.05, 0) is 19.1 Å². The van der Waals surface area contributed by atoms with Gasteiger partial charge in [0.25, 0.3) is 5.91 Å². The summed E-state index contributed by atoms with van der Waals surface area (Å²) in [4.78, 5) is 25.6. The molecule has 0 fully saturated rings. The highest BCUT2D eigenvalue weighted by molar-refractivity contribution is 5.92. The first-order valence-corrected chi connectivity index (χ1v) is 7.74. The van der Waals surface area contributed by atoms with E-state index in [0.717, 1.165) is 11.3 Å². The topological polar surface area (TPSA) is 99.4 Å². The van der Waals surface area contributed by atoms with Gasteiger partial charge in [0.2, 0.25) is 0 Å². The molecule has 0 aliphatic carbocycles. The van der Waals surface area contributed by atoms with Crippen molar-refractivity contribution in [3.8, 4) is 5.75 Å². The Bertz CT molecular complexity index is 729. The van der Waals surface area contributed by atoms with Gasteiger partial charge in [-0.1, -0.05) is 18.2 Å². The Morgan fingerprint density at radius 3 is 2.83 bits per heavy atom. The molecule has 0 atom stereocenters. The molecule has 1 aliphatic rings. The SMILES string of the molecule is CCNC(=O)N1Cc2[nH]nc(NC(=O)COc3ccccc3)c2C1. The van der Waals surface area contributed by atoms with Crippen LogP contribution in [-0.4, -0.2) is 40.2 Å². The Labute approximate surface area is 139 Å². The Balaban J connectivity index is 1.56. The first kappa shape index (κ1) is 15.9. The van der Waals surface area contributed by atoms with Crippen LogP contribution in [0.3, 0.4) is 0 Å². The molecular formula is C16H19N5O3. The number of amides is 3. The molecule has 0 saturated carbocycles. The van der Waals surface area contributed by atoms with Crippen molar-refractivity contribution in [2.24, 2.45) is 0 Å². The summed E-state index contributed by atoms with van der Waals surface area (Å²) >= 11 is 0. The quantitative estimate of drug-likeness (QED) is 0.773. The first-order valence-electron chi connectivity index (χ1n) is 7.74. The van der Waals surface area contributed by atoms with Gasteiger partial charge in [0, 0.05) is 12.1 Å². The van der Waals surface area contributed by atoms with Gasteiger partial charge >= 0.3 is 6.03 Å². The fraction of sp³-hybridized carbons (Fsp3) is 0.312. The van der Waals surface area contributed by atoms with Crippen LogP contribution < -0.4 is 15.4 Å². The summed E-state index contributed by atoms with van der Waals surface area (Å²) in [7, 11) is 0. The molecule has 3 rings (SSSR count). The zero-order chi connectivity index (χ0) is 16.9. The van der Waals surface area contributed by atoms with E-state index in [-0.39, 0.29) is 18.5 Å². The Kier molecular flexibility index (Phi) is 4.64. The van der Waals surface area contributed by atoms with Gasteiger partial charge in [0.15, 0.2) is 12.4 Å². The number of para-hydroxylation sites is 1. The number of H-pyrrole nitrogens is 1.